The Labute approximate surface area is 182 Å². The maximum atomic E-state index is 12.7. The molecule has 4 rings (SSSR count). The molecule has 2 aromatic heterocycles. The van der Waals surface area contributed by atoms with Gasteiger partial charge in [0.1, 0.15) is 6.33 Å². The van der Waals surface area contributed by atoms with Gasteiger partial charge in [0.25, 0.3) is 11.8 Å². The van der Waals surface area contributed by atoms with Gasteiger partial charge >= 0.3 is 0 Å². The molecule has 1 aromatic carbocycles. The van der Waals surface area contributed by atoms with Gasteiger partial charge in [0.2, 0.25) is 0 Å². The van der Waals surface area contributed by atoms with Crippen molar-refractivity contribution in [1.29, 1.82) is 0 Å². The fourth-order valence-corrected chi connectivity index (χ4v) is 3.72. The number of aliphatic hydroxyl groups excluding tert-OH is 1. The minimum absolute atomic E-state index is 0.0352. The molecule has 0 saturated carbocycles. The van der Waals surface area contributed by atoms with Crippen LogP contribution in [0.3, 0.4) is 0 Å². The first-order chi connectivity index (χ1) is 14.8. The van der Waals surface area contributed by atoms with Gasteiger partial charge in [-0.1, -0.05) is 11.6 Å². The Morgan fingerprint density at radius 1 is 1.39 bits per heavy atom. The SMILES string of the molecule is Cc1[nH]c(/C=C2\C(=O)Nc3ccc(Cl)cc32)c(C)c1C(=O)NCC(O)Cn1cnnn1. The van der Waals surface area contributed by atoms with E-state index in [1.165, 1.54) is 11.0 Å². The van der Waals surface area contributed by atoms with Crippen LogP contribution in [0.1, 0.15) is 32.9 Å². The number of fused-ring (bicyclic) bond motifs is 1. The molecule has 31 heavy (non-hydrogen) atoms. The van der Waals surface area contributed by atoms with Crippen LogP contribution in [-0.2, 0) is 11.3 Å². The molecule has 0 fully saturated rings. The van der Waals surface area contributed by atoms with Gasteiger partial charge in [-0.05, 0) is 54.1 Å². The summed E-state index contributed by atoms with van der Waals surface area (Å²) in [7, 11) is 0. The number of aliphatic hydroxyl groups is 1. The Balaban J connectivity index is 1.53. The quantitative estimate of drug-likeness (QED) is 0.428. The number of aromatic amines is 1. The van der Waals surface area contributed by atoms with Crippen molar-refractivity contribution in [2.75, 3.05) is 11.9 Å². The van der Waals surface area contributed by atoms with Crippen molar-refractivity contribution in [3.05, 3.63) is 57.6 Å². The smallest absolute Gasteiger partial charge is 0.256 e. The van der Waals surface area contributed by atoms with Gasteiger partial charge in [0, 0.05) is 34.2 Å². The van der Waals surface area contributed by atoms with Gasteiger partial charge in [0.15, 0.2) is 0 Å². The molecule has 1 atom stereocenters. The molecule has 160 valence electrons. The van der Waals surface area contributed by atoms with Crippen LogP contribution >= 0.6 is 11.6 Å². The molecule has 3 aromatic rings. The number of hydrogen-bond donors (Lipinski definition) is 4. The highest BCUT2D eigenvalue weighted by Crippen LogP contribution is 2.35. The number of carbonyl (C=O) groups excluding carboxylic acids is 2. The first-order valence-corrected chi connectivity index (χ1v) is 9.90. The second kappa shape index (κ2) is 8.32. The van der Waals surface area contributed by atoms with Gasteiger partial charge in [-0.15, -0.1) is 5.10 Å². The van der Waals surface area contributed by atoms with Gasteiger partial charge in [0.05, 0.1) is 23.8 Å². The Hall–Kier alpha value is -3.50. The average molecular weight is 442 g/mol. The summed E-state index contributed by atoms with van der Waals surface area (Å²) in [4.78, 5) is 28.3. The minimum atomic E-state index is -0.850. The van der Waals surface area contributed by atoms with E-state index in [1.807, 2.05) is 0 Å². The number of benzene rings is 1. The van der Waals surface area contributed by atoms with Crippen LogP contribution < -0.4 is 10.6 Å². The van der Waals surface area contributed by atoms with E-state index in [1.54, 1.807) is 38.1 Å². The van der Waals surface area contributed by atoms with E-state index in [0.717, 1.165) is 0 Å². The lowest BCUT2D eigenvalue weighted by Gasteiger charge is -2.11. The second-order valence-corrected chi connectivity index (χ2v) is 7.70. The van der Waals surface area contributed by atoms with Crippen molar-refractivity contribution >= 4 is 40.8 Å². The van der Waals surface area contributed by atoms with Gasteiger partial charge in [-0.3, -0.25) is 9.59 Å². The molecule has 0 saturated heterocycles. The molecule has 1 aliphatic rings. The third-order valence-corrected chi connectivity index (χ3v) is 5.28. The van der Waals surface area contributed by atoms with Crippen LogP contribution in [0.4, 0.5) is 5.69 Å². The van der Waals surface area contributed by atoms with Crippen molar-refractivity contribution in [2.45, 2.75) is 26.5 Å². The second-order valence-electron chi connectivity index (χ2n) is 7.26. The molecule has 1 aliphatic heterocycles. The Morgan fingerprint density at radius 2 is 2.19 bits per heavy atom. The summed E-state index contributed by atoms with van der Waals surface area (Å²) in [6, 6.07) is 5.19. The average Bonchev–Trinajstić information content (AvgIpc) is 3.40. The monoisotopic (exact) mass is 441 g/mol. The predicted octanol–water partition coefficient (Wildman–Crippen LogP) is 1.56. The van der Waals surface area contributed by atoms with Crippen LogP contribution in [-0.4, -0.2) is 54.8 Å². The number of aryl methyl sites for hydroxylation is 1. The highest BCUT2D eigenvalue weighted by atomic mass is 35.5. The molecule has 0 radical (unpaired) electrons. The summed E-state index contributed by atoms with van der Waals surface area (Å²) in [5, 5.41) is 26.8. The van der Waals surface area contributed by atoms with E-state index in [2.05, 4.69) is 31.1 Å². The Kier molecular flexibility index (Phi) is 5.57. The normalized spacial score (nSPS) is 15.1. The fraction of sp³-hybridized carbons (Fsp3) is 0.250. The number of rotatable bonds is 6. The topological polar surface area (TPSA) is 138 Å². The van der Waals surface area contributed by atoms with E-state index < -0.39 is 6.10 Å². The summed E-state index contributed by atoms with van der Waals surface area (Å²) < 4.78 is 1.38. The van der Waals surface area contributed by atoms with Crippen LogP contribution in [0.15, 0.2) is 24.5 Å². The lowest BCUT2D eigenvalue weighted by molar-refractivity contribution is -0.110. The Morgan fingerprint density at radius 3 is 2.94 bits per heavy atom. The van der Waals surface area contributed by atoms with Gasteiger partial charge in [-0.2, -0.15) is 0 Å². The van der Waals surface area contributed by atoms with E-state index in [9.17, 15) is 14.7 Å². The third kappa shape index (κ3) is 4.21. The van der Waals surface area contributed by atoms with E-state index in [4.69, 9.17) is 11.6 Å². The molecule has 3 heterocycles. The first-order valence-electron chi connectivity index (χ1n) is 9.52. The van der Waals surface area contributed by atoms with Crippen LogP contribution in [0.25, 0.3) is 11.6 Å². The summed E-state index contributed by atoms with van der Waals surface area (Å²) in [5.74, 6) is -0.563. The third-order valence-electron chi connectivity index (χ3n) is 5.04. The molecule has 0 aliphatic carbocycles. The highest BCUT2D eigenvalue weighted by Gasteiger charge is 2.26. The largest absolute Gasteiger partial charge is 0.389 e. The van der Waals surface area contributed by atoms with Crippen molar-refractivity contribution in [3.63, 3.8) is 0 Å². The zero-order chi connectivity index (χ0) is 22.1. The number of hydrogen-bond acceptors (Lipinski definition) is 6. The number of amides is 2. The molecule has 2 amide bonds. The molecule has 0 bridgehead atoms. The van der Waals surface area contributed by atoms with Crippen molar-refractivity contribution < 1.29 is 14.7 Å². The molecule has 4 N–H and O–H groups in total. The zero-order valence-corrected chi connectivity index (χ0v) is 17.6. The number of nitrogens with one attached hydrogen (secondary N) is 3. The minimum Gasteiger partial charge on any atom is -0.389 e. The highest BCUT2D eigenvalue weighted by molar-refractivity contribution is 6.36. The van der Waals surface area contributed by atoms with E-state index in [-0.39, 0.29) is 24.9 Å². The summed E-state index contributed by atoms with van der Waals surface area (Å²) in [5.41, 5.74) is 4.33. The van der Waals surface area contributed by atoms with Gasteiger partial charge < -0.3 is 20.7 Å². The van der Waals surface area contributed by atoms with Crippen LogP contribution in [0.5, 0.6) is 0 Å². The van der Waals surface area contributed by atoms with Crippen molar-refractivity contribution in [1.82, 2.24) is 30.5 Å². The lowest BCUT2D eigenvalue weighted by atomic mass is 10.0. The predicted molar refractivity (Wildman–Crippen MR) is 114 cm³/mol. The maximum Gasteiger partial charge on any atom is 0.256 e. The number of H-pyrrole nitrogens is 1. The summed E-state index contributed by atoms with van der Waals surface area (Å²) in [6.45, 7) is 3.77. The number of nitrogens with zero attached hydrogens (tertiary/aromatic N) is 4. The molecule has 11 heteroatoms. The lowest BCUT2D eigenvalue weighted by Crippen LogP contribution is -2.35. The first kappa shape index (κ1) is 20.8. The number of halogens is 1. The number of carbonyl (C=O) groups is 2. The van der Waals surface area contributed by atoms with E-state index in [0.29, 0.717) is 44.4 Å². The molecular weight excluding hydrogens is 422 g/mol. The summed E-state index contributed by atoms with van der Waals surface area (Å²) in [6.07, 6.45) is 2.25. The molecular formula is C20H20ClN7O3. The number of aromatic nitrogens is 5. The van der Waals surface area contributed by atoms with Crippen molar-refractivity contribution in [2.24, 2.45) is 0 Å². The van der Waals surface area contributed by atoms with Crippen molar-refractivity contribution in [3.8, 4) is 0 Å². The number of anilines is 1. The van der Waals surface area contributed by atoms with E-state index >= 15 is 0 Å². The molecule has 0 spiro atoms. The summed E-state index contributed by atoms with van der Waals surface area (Å²) >= 11 is 6.09. The number of tetrazole rings is 1. The maximum absolute atomic E-state index is 12.7. The zero-order valence-electron chi connectivity index (χ0n) is 16.8. The van der Waals surface area contributed by atoms with Crippen LogP contribution in [0.2, 0.25) is 5.02 Å². The van der Waals surface area contributed by atoms with Gasteiger partial charge in [-0.25, -0.2) is 4.68 Å². The fourth-order valence-electron chi connectivity index (χ4n) is 3.55. The molecule has 1 unspecified atom stereocenters. The standard InChI is InChI=1S/C20H20ClN7O3/c1-10-17(6-15-14-5-12(21)3-4-16(14)25-19(15)30)24-11(2)18(10)20(31)22-7-13(29)8-28-9-23-26-27-28/h3-6,9,13,24,29H,7-8H2,1-2H3,(H,22,31)(H,25,30)/b15-6-. The van der Waals surface area contributed by atoms with Crippen LogP contribution in [0, 0.1) is 13.8 Å². The molecule has 10 nitrogen and oxygen atoms in total. The Bertz CT molecular complexity index is 1180.